The Morgan fingerprint density at radius 2 is 1.26 bits per heavy atom. The summed E-state index contributed by atoms with van der Waals surface area (Å²) in [7, 11) is 3.00. The number of hydrogen-bond acceptors (Lipinski definition) is 5. The number of ketones is 1. The van der Waals surface area contributed by atoms with E-state index in [2.05, 4.69) is 20.8 Å². The predicted octanol–water partition coefficient (Wildman–Crippen LogP) is 5.61. The molecule has 0 unspecified atom stereocenters. The fraction of sp³-hybridized carbons (Fsp3) is 0.346. The molecule has 164 valence electrons. The molecule has 1 aliphatic rings. The average molecular weight is 423 g/mol. The van der Waals surface area contributed by atoms with E-state index in [0.29, 0.717) is 35.5 Å². The molecular weight excluding hydrogens is 392 g/mol. The minimum Gasteiger partial charge on any atom is -0.504 e. The number of benzene rings is 2. The van der Waals surface area contributed by atoms with Gasteiger partial charge in [-0.05, 0) is 71.7 Å². The van der Waals surface area contributed by atoms with Crippen molar-refractivity contribution in [2.45, 2.75) is 33.6 Å². The highest BCUT2D eigenvalue weighted by atomic mass is 16.5. The second kappa shape index (κ2) is 8.88. The summed E-state index contributed by atoms with van der Waals surface area (Å²) in [4.78, 5) is 13.3. The Bertz CT molecular complexity index is 965. The Kier molecular flexibility index (Phi) is 6.44. The van der Waals surface area contributed by atoms with E-state index in [9.17, 15) is 15.0 Å². The minimum atomic E-state index is -0.00823. The van der Waals surface area contributed by atoms with Gasteiger partial charge >= 0.3 is 0 Å². The summed E-state index contributed by atoms with van der Waals surface area (Å²) in [6.45, 7) is 6.55. The summed E-state index contributed by atoms with van der Waals surface area (Å²) in [5.41, 5.74) is 2.93. The van der Waals surface area contributed by atoms with Crippen LogP contribution in [0.15, 0.2) is 47.5 Å². The molecule has 31 heavy (non-hydrogen) atoms. The zero-order chi connectivity index (χ0) is 22.8. The van der Waals surface area contributed by atoms with E-state index < -0.39 is 0 Å². The van der Waals surface area contributed by atoms with Crippen LogP contribution in [0.4, 0.5) is 0 Å². The number of Topliss-reactive ketones (excluding diaryl/α,β-unsaturated/α-hetero) is 1. The first-order valence-corrected chi connectivity index (χ1v) is 10.3. The average Bonchev–Trinajstić information content (AvgIpc) is 2.70. The van der Waals surface area contributed by atoms with Gasteiger partial charge in [0.05, 0.1) is 14.2 Å². The topological polar surface area (TPSA) is 76.0 Å². The zero-order valence-corrected chi connectivity index (χ0v) is 18.7. The summed E-state index contributed by atoms with van der Waals surface area (Å²) >= 11 is 0. The SMILES string of the molecule is COc1ccc(/C=C2/CC(C(C)(C)C)C/C(=C/c3ccc(OC)c(O)c3)C2=O)cc1O. The summed E-state index contributed by atoms with van der Waals surface area (Å²) < 4.78 is 10.2. The van der Waals surface area contributed by atoms with Crippen molar-refractivity contribution in [1.29, 1.82) is 0 Å². The van der Waals surface area contributed by atoms with E-state index in [1.54, 1.807) is 24.3 Å². The van der Waals surface area contributed by atoms with Crippen molar-refractivity contribution in [2.24, 2.45) is 11.3 Å². The molecule has 0 saturated heterocycles. The lowest BCUT2D eigenvalue weighted by Gasteiger charge is -2.35. The first-order valence-electron chi connectivity index (χ1n) is 10.3. The second-order valence-electron chi connectivity index (χ2n) is 9.00. The zero-order valence-electron chi connectivity index (χ0n) is 18.7. The molecule has 0 aliphatic heterocycles. The Hall–Kier alpha value is -3.21. The number of phenols is 2. The van der Waals surface area contributed by atoms with Crippen LogP contribution in [0.1, 0.15) is 44.7 Å². The van der Waals surface area contributed by atoms with E-state index in [4.69, 9.17) is 9.47 Å². The fourth-order valence-corrected chi connectivity index (χ4v) is 3.85. The predicted molar refractivity (Wildman–Crippen MR) is 122 cm³/mol. The molecule has 0 spiro atoms. The molecule has 0 radical (unpaired) electrons. The monoisotopic (exact) mass is 422 g/mol. The van der Waals surface area contributed by atoms with E-state index in [0.717, 1.165) is 11.1 Å². The molecule has 5 nitrogen and oxygen atoms in total. The Morgan fingerprint density at radius 3 is 1.58 bits per heavy atom. The first kappa shape index (κ1) is 22.5. The van der Waals surface area contributed by atoms with Gasteiger partial charge in [-0.15, -0.1) is 0 Å². The smallest absolute Gasteiger partial charge is 0.185 e. The van der Waals surface area contributed by atoms with E-state index in [1.807, 2.05) is 24.3 Å². The largest absolute Gasteiger partial charge is 0.504 e. The van der Waals surface area contributed by atoms with Crippen LogP contribution in [0.25, 0.3) is 12.2 Å². The van der Waals surface area contributed by atoms with Gasteiger partial charge in [-0.1, -0.05) is 32.9 Å². The number of allylic oxidation sites excluding steroid dienone is 2. The van der Waals surface area contributed by atoms with Gasteiger partial charge in [0.2, 0.25) is 0 Å². The normalized spacial score (nSPS) is 19.6. The van der Waals surface area contributed by atoms with E-state index in [-0.39, 0.29) is 28.6 Å². The molecule has 5 heteroatoms. The molecule has 0 bridgehead atoms. The lowest BCUT2D eigenvalue weighted by atomic mass is 9.68. The maximum atomic E-state index is 13.3. The number of aromatic hydroxyl groups is 2. The van der Waals surface area contributed by atoms with Crippen molar-refractivity contribution in [3.8, 4) is 23.0 Å². The minimum absolute atomic E-state index is 0.00823. The number of carbonyl (C=O) groups is 1. The maximum absolute atomic E-state index is 13.3. The van der Waals surface area contributed by atoms with Crippen LogP contribution < -0.4 is 9.47 Å². The number of carbonyl (C=O) groups excluding carboxylic acids is 1. The molecule has 1 fully saturated rings. The van der Waals surface area contributed by atoms with Gasteiger partial charge in [0.1, 0.15) is 0 Å². The maximum Gasteiger partial charge on any atom is 0.185 e. The van der Waals surface area contributed by atoms with Crippen LogP contribution >= 0.6 is 0 Å². The standard InChI is InChI=1S/C26H30O5/c1-26(2,3)20-14-18(10-16-6-8-23(30-4)21(27)12-16)25(29)19(15-20)11-17-7-9-24(31-5)22(28)13-17/h6-13,20,27-28H,14-15H2,1-5H3/b18-10-,19-11-. The molecule has 1 aliphatic carbocycles. The first-order chi connectivity index (χ1) is 14.6. The number of ether oxygens (including phenoxy) is 2. The Morgan fingerprint density at radius 1 is 0.839 bits per heavy atom. The number of phenolic OH excluding ortho intramolecular Hbond substituents is 2. The van der Waals surface area contributed by atoms with Crippen LogP contribution in [0, 0.1) is 11.3 Å². The lowest BCUT2D eigenvalue weighted by Crippen LogP contribution is -2.29. The number of rotatable bonds is 4. The molecule has 2 N–H and O–H groups in total. The molecule has 1 saturated carbocycles. The van der Waals surface area contributed by atoms with Gasteiger partial charge < -0.3 is 19.7 Å². The fourth-order valence-electron chi connectivity index (χ4n) is 3.85. The van der Waals surface area contributed by atoms with E-state index >= 15 is 0 Å². The van der Waals surface area contributed by atoms with Crippen molar-refractivity contribution in [2.75, 3.05) is 14.2 Å². The van der Waals surface area contributed by atoms with Crippen molar-refractivity contribution in [1.82, 2.24) is 0 Å². The third-order valence-electron chi connectivity index (χ3n) is 5.83. The van der Waals surface area contributed by atoms with Crippen LogP contribution in [0.3, 0.4) is 0 Å². The van der Waals surface area contributed by atoms with Gasteiger partial charge in [0.25, 0.3) is 0 Å². The molecular formula is C26H30O5. The van der Waals surface area contributed by atoms with Gasteiger partial charge in [-0.25, -0.2) is 0 Å². The molecule has 0 atom stereocenters. The van der Waals surface area contributed by atoms with Crippen molar-refractivity contribution in [3.63, 3.8) is 0 Å². The van der Waals surface area contributed by atoms with Crippen LogP contribution in [0.5, 0.6) is 23.0 Å². The van der Waals surface area contributed by atoms with Gasteiger partial charge in [0.15, 0.2) is 28.8 Å². The van der Waals surface area contributed by atoms with Crippen LogP contribution in [0.2, 0.25) is 0 Å². The molecule has 2 aromatic rings. The Labute approximate surface area is 183 Å². The summed E-state index contributed by atoms with van der Waals surface area (Å²) in [5, 5.41) is 20.2. The lowest BCUT2D eigenvalue weighted by molar-refractivity contribution is -0.113. The quantitative estimate of drug-likeness (QED) is 0.627. The molecule has 0 aromatic heterocycles. The molecule has 0 amide bonds. The van der Waals surface area contributed by atoms with Gasteiger partial charge in [-0.3, -0.25) is 4.79 Å². The summed E-state index contributed by atoms with van der Waals surface area (Å²) in [6.07, 6.45) is 5.03. The highest BCUT2D eigenvalue weighted by molar-refractivity contribution is 6.14. The highest BCUT2D eigenvalue weighted by Crippen LogP contribution is 2.42. The third kappa shape index (κ3) is 5.10. The molecule has 0 heterocycles. The van der Waals surface area contributed by atoms with E-state index in [1.165, 1.54) is 14.2 Å². The van der Waals surface area contributed by atoms with Crippen molar-refractivity contribution < 1.29 is 24.5 Å². The number of hydrogen-bond donors (Lipinski definition) is 2. The van der Waals surface area contributed by atoms with Crippen LogP contribution in [-0.2, 0) is 4.79 Å². The second-order valence-corrected chi connectivity index (χ2v) is 9.00. The van der Waals surface area contributed by atoms with Crippen molar-refractivity contribution >= 4 is 17.9 Å². The Balaban J connectivity index is 2.01. The third-order valence-corrected chi connectivity index (χ3v) is 5.83. The summed E-state index contributed by atoms with van der Waals surface area (Å²) in [5.74, 6) is 1.13. The molecule has 2 aromatic carbocycles. The highest BCUT2D eigenvalue weighted by Gasteiger charge is 2.34. The number of methoxy groups -OCH3 is 2. The van der Waals surface area contributed by atoms with Crippen molar-refractivity contribution in [3.05, 3.63) is 58.7 Å². The van der Waals surface area contributed by atoms with Crippen LogP contribution in [-0.4, -0.2) is 30.2 Å². The summed E-state index contributed by atoms with van der Waals surface area (Å²) in [6, 6.07) is 10.2. The molecule has 3 rings (SSSR count). The van der Waals surface area contributed by atoms with Gasteiger partial charge in [-0.2, -0.15) is 0 Å². The van der Waals surface area contributed by atoms with Gasteiger partial charge in [0, 0.05) is 11.1 Å².